The minimum absolute atomic E-state index is 0.122. The second-order valence-electron chi connectivity index (χ2n) is 4.65. The highest BCUT2D eigenvalue weighted by Crippen LogP contribution is 2.21. The number of β-amino-alcohol motifs (C(OH)–C–C–N with tert-alkyl or cyclic N) is 1. The first-order chi connectivity index (χ1) is 6.79. The number of aliphatic hydroxyl groups excluding tert-OH is 1. The molecule has 0 aliphatic carbocycles. The lowest BCUT2D eigenvalue weighted by Gasteiger charge is -2.38. The summed E-state index contributed by atoms with van der Waals surface area (Å²) in [5.74, 6) is 0. The van der Waals surface area contributed by atoms with Gasteiger partial charge in [-0.1, -0.05) is 6.92 Å². The summed E-state index contributed by atoms with van der Waals surface area (Å²) in [4.78, 5) is 5.04. The van der Waals surface area contributed by atoms with E-state index in [1.165, 1.54) is 32.5 Å². The predicted molar refractivity (Wildman–Crippen MR) is 57.3 cm³/mol. The van der Waals surface area contributed by atoms with Crippen molar-refractivity contribution < 1.29 is 5.11 Å². The van der Waals surface area contributed by atoms with Crippen molar-refractivity contribution in [3.8, 4) is 0 Å². The van der Waals surface area contributed by atoms with Gasteiger partial charge in [0.25, 0.3) is 0 Å². The monoisotopic (exact) mass is 198 g/mol. The van der Waals surface area contributed by atoms with Crippen LogP contribution in [-0.2, 0) is 0 Å². The van der Waals surface area contributed by atoms with Gasteiger partial charge in [0.05, 0.1) is 6.10 Å². The highest BCUT2D eigenvalue weighted by molar-refractivity contribution is 4.87. The van der Waals surface area contributed by atoms with Gasteiger partial charge in [-0.25, -0.2) is 0 Å². The molecule has 0 amide bonds. The van der Waals surface area contributed by atoms with Crippen molar-refractivity contribution in [2.45, 2.75) is 38.3 Å². The van der Waals surface area contributed by atoms with Crippen LogP contribution in [0.1, 0.15) is 26.2 Å². The van der Waals surface area contributed by atoms with Gasteiger partial charge < -0.3 is 5.11 Å². The number of aliphatic hydroxyl groups is 1. The van der Waals surface area contributed by atoms with E-state index in [2.05, 4.69) is 16.7 Å². The van der Waals surface area contributed by atoms with Crippen LogP contribution >= 0.6 is 0 Å². The van der Waals surface area contributed by atoms with Gasteiger partial charge in [0.1, 0.15) is 0 Å². The molecule has 2 atom stereocenters. The fourth-order valence-corrected chi connectivity index (χ4v) is 2.65. The summed E-state index contributed by atoms with van der Waals surface area (Å²) in [5.41, 5.74) is 0. The third-order valence-corrected chi connectivity index (χ3v) is 3.61. The molecule has 0 aromatic carbocycles. The van der Waals surface area contributed by atoms with Crippen LogP contribution < -0.4 is 0 Å². The Morgan fingerprint density at radius 2 is 2.21 bits per heavy atom. The van der Waals surface area contributed by atoms with Crippen LogP contribution in [0.5, 0.6) is 0 Å². The third-order valence-electron chi connectivity index (χ3n) is 3.61. The Morgan fingerprint density at radius 1 is 1.36 bits per heavy atom. The molecule has 3 heteroatoms. The second-order valence-corrected chi connectivity index (χ2v) is 4.65. The first-order valence-corrected chi connectivity index (χ1v) is 5.94. The van der Waals surface area contributed by atoms with Crippen molar-refractivity contribution in [3.63, 3.8) is 0 Å². The van der Waals surface area contributed by atoms with Gasteiger partial charge in [-0.2, -0.15) is 0 Å². The molecule has 3 nitrogen and oxygen atoms in total. The summed E-state index contributed by atoms with van der Waals surface area (Å²) in [6.07, 6.45) is 3.49. The molecule has 2 rings (SSSR count). The smallest absolute Gasteiger partial charge is 0.0664 e. The Hall–Kier alpha value is -0.120. The average Bonchev–Trinajstić information content (AvgIpc) is 2.64. The Kier molecular flexibility index (Phi) is 3.42. The molecular formula is C11H22N2O. The molecular weight excluding hydrogens is 176 g/mol. The van der Waals surface area contributed by atoms with E-state index in [4.69, 9.17) is 0 Å². The zero-order valence-electron chi connectivity index (χ0n) is 9.15. The lowest BCUT2D eigenvalue weighted by molar-refractivity contribution is 0.0556. The lowest BCUT2D eigenvalue weighted by atomic mass is 10.1. The predicted octanol–water partition coefficient (Wildman–Crippen LogP) is 0.537. The number of hydrogen-bond acceptors (Lipinski definition) is 3. The second kappa shape index (κ2) is 4.60. The summed E-state index contributed by atoms with van der Waals surface area (Å²) in [7, 11) is 0. The van der Waals surface area contributed by atoms with Crippen LogP contribution in [-0.4, -0.2) is 59.8 Å². The molecule has 0 radical (unpaired) electrons. The highest BCUT2D eigenvalue weighted by atomic mass is 16.3. The first-order valence-electron chi connectivity index (χ1n) is 5.94. The van der Waals surface area contributed by atoms with E-state index < -0.39 is 0 Å². The van der Waals surface area contributed by atoms with Gasteiger partial charge in [-0.3, -0.25) is 9.80 Å². The van der Waals surface area contributed by atoms with E-state index in [1.54, 1.807) is 0 Å². The Balaban J connectivity index is 1.79. The van der Waals surface area contributed by atoms with E-state index in [-0.39, 0.29) is 6.10 Å². The fraction of sp³-hybridized carbons (Fsp3) is 1.00. The fourth-order valence-electron chi connectivity index (χ4n) is 2.65. The van der Waals surface area contributed by atoms with Gasteiger partial charge >= 0.3 is 0 Å². The maximum Gasteiger partial charge on any atom is 0.0664 e. The largest absolute Gasteiger partial charge is 0.392 e. The molecule has 2 fully saturated rings. The van der Waals surface area contributed by atoms with Crippen molar-refractivity contribution >= 4 is 0 Å². The molecule has 82 valence electrons. The normalized spacial score (nSPS) is 31.7. The van der Waals surface area contributed by atoms with Crippen LogP contribution in [0.25, 0.3) is 0 Å². The van der Waals surface area contributed by atoms with Crippen molar-refractivity contribution in [3.05, 3.63) is 0 Å². The van der Waals surface area contributed by atoms with E-state index in [9.17, 15) is 5.11 Å². The number of hydrogen-bond donors (Lipinski definition) is 1. The minimum atomic E-state index is -0.122. The third kappa shape index (κ3) is 2.27. The van der Waals surface area contributed by atoms with Crippen molar-refractivity contribution in [1.29, 1.82) is 0 Å². The van der Waals surface area contributed by atoms with Gasteiger partial charge in [0, 0.05) is 32.2 Å². The minimum Gasteiger partial charge on any atom is -0.392 e. The first kappa shape index (κ1) is 10.4. The molecule has 2 saturated heterocycles. The summed E-state index contributed by atoms with van der Waals surface area (Å²) < 4.78 is 0. The van der Waals surface area contributed by atoms with E-state index in [0.29, 0.717) is 0 Å². The summed E-state index contributed by atoms with van der Waals surface area (Å²) >= 11 is 0. The van der Waals surface area contributed by atoms with Gasteiger partial charge in [0.2, 0.25) is 0 Å². The van der Waals surface area contributed by atoms with Gasteiger partial charge in [0.15, 0.2) is 0 Å². The van der Waals surface area contributed by atoms with Crippen LogP contribution in [0.15, 0.2) is 0 Å². The summed E-state index contributed by atoms with van der Waals surface area (Å²) in [5, 5.41) is 9.60. The highest BCUT2D eigenvalue weighted by Gasteiger charge is 2.30. The lowest BCUT2D eigenvalue weighted by Crippen LogP contribution is -2.51. The van der Waals surface area contributed by atoms with Crippen molar-refractivity contribution in [2.24, 2.45) is 0 Å². The molecule has 14 heavy (non-hydrogen) atoms. The van der Waals surface area contributed by atoms with E-state index in [0.717, 1.165) is 25.6 Å². The quantitative estimate of drug-likeness (QED) is 0.717. The molecule has 2 unspecified atom stereocenters. The maximum absolute atomic E-state index is 9.60. The molecule has 2 aliphatic heterocycles. The molecule has 0 spiro atoms. The average molecular weight is 198 g/mol. The SMILES string of the molecule is CCC(O)CN1CCN2CCCC2C1. The maximum atomic E-state index is 9.60. The number of piperazine rings is 1. The number of fused-ring (bicyclic) bond motifs is 1. The van der Waals surface area contributed by atoms with Gasteiger partial charge in [-0.05, 0) is 25.8 Å². The molecule has 2 heterocycles. The number of nitrogens with zero attached hydrogens (tertiary/aromatic N) is 2. The van der Waals surface area contributed by atoms with E-state index in [1.807, 2.05) is 0 Å². The zero-order valence-corrected chi connectivity index (χ0v) is 9.15. The standard InChI is InChI=1S/C11H22N2O/c1-2-11(14)9-12-6-7-13-5-3-4-10(13)8-12/h10-11,14H,2-9H2,1H3. The Morgan fingerprint density at radius 3 is 3.00 bits per heavy atom. The summed E-state index contributed by atoms with van der Waals surface area (Å²) in [6.45, 7) is 7.76. The molecule has 0 saturated carbocycles. The van der Waals surface area contributed by atoms with Gasteiger partial charge in [-0.15, -0.1) is 0 Å². The molecule has 0 aromatic heterocycles. The zero-order chi connectivity index (χ0) is 9.97. The van der Waals surface area contributed by atoms with Crippen LogP contribution in [0.2, 0.25) is 0 Å². The molecule has 0 aromatic rings. The van der Waals surface area contributed by atoms with Crippen LogP contribution in [0.3, 0.4) is 0 Å². The molecule has 1 N–H and O–H groups in total. The number of rotatable bonds is 3. The van der Waals surface area contributed by atoms with E-state index >= 15 is 0 Å². The van der Waals surface area contributed by atoms with Crippen molar-refractivity contribution in [1.82, 2.24) is 9.80 Å². The topological polar surface area (TPSA) is 26.7 Å². The Labute approximate surface area is 86.7 Å². The Bertz CT molecular complexity index is 186. The summed E-state index contributed by atoms with van der Waals surface area (Å²) in [6, 6.07) is 0.785. The van der Waals surface area contributed by atoms with Crippen molar-refractivity contribution in [2.75, 3.05) is 32.7 Å². The molecule has 0 bridgehead atoms. The van der Waals surface area contributed by atoms with Crippen LogP contribution in [0, 0.1) is 0 Å². The van der Waals surface area contributed by atoms with Crippen LogP contribution in [0.4, 0.5) is 0 Å². The molecule has 2 aliphatic rings.